The van der Waals surface area contributed by atoms with E-state index in [9.17, 15) is 9.90 Å². The average Bonchev–Trinajstić information content (AvgIpc) is 2.63. The summed E-state index contributed by atoms with van der Waals surface area (Å²) in [4.78, 5) is 16.4. The standard InChI is InChI=1S/C21H27N3O3/c1-23(2)15-21(26)13-8-14-24(16-21)20(25)22-18-11-6-7-12-19(18)27-17-9-4-3-5-10-17/h3-7,9-12,26H,8,13-16H2,1-2H3,(H,22,25)/t21-/m0/s1. The number of para-hydroxylation sites is 3. The highest BCUT2D eigenvalue weighted by molar-refractivity contribution is 5.91. The van der Waals surface area contributed by atoms with E-state index in [4.69, 9.17) is 4.74 Å². The van der Waals surface area contributed by atoms with Crippen LogP contribution >= 0.6 is 0 Å². The number of amides is 2. The lowest BCUT2D eigenvalue weighted by Gasteiger charge is -2.40. The minimum atomic E-state index is -0.876. The van der Waals surface area contributed by atoms with Crippen LogP contribution in [0.2, 0.25) is 0 Å². The van der Waals surface area contributed by atoms with Crippen molar-refractivity contribution in [3.05, 3.63) is 54.6 Å². The molecule has 2 aromatic carbocycles. The van der Waals surface area contributed by atoms with Crippen molar-refractivity contribution in [2.45, 2.75) is 18.4 Å². The van der Waals surface area contributed by atoms with E-state index in [-0.39, 0.29) is 6.03 Å². The molecule has 1 atom stereocenters. The summed E-state index contributed by atoms with van der Waals surface area (Å²) in [5.74, 6) is 1.29. The topological polar surface area (TPSA) is 65.0 Å². The van der Waals surface area contributed by atoms with Crippen molar-refractivity contribution in [1.82, 2.24) is 9.80 Å². The van der Waals surface area contributed by atoms with Crippen molar-refractivity contribution in [3.63, 3.8) is 0 Å². The number of ether oxygens (including phenoxy) is 1. The Labute approximate surface area is 160 Å². The van der Waals surface area contributed by atoms with Gasteiger partial charge in [-0.05, 0) is 51.2 Å². The fourth-order valence-corrected chi connectivity index (χ4v) is 3.47. The Bertz CT molecular complexity index is 766. The van der Waals surface area contributed by atoms with Crippen molar-refractivity contribution in [3.8, 4) is 11.5 Å². The maximum atomic E-state index is 12.8. The van der Waals surface area contributed by atoms with Crippen LogP contribution in [0.3, 0.4) is 0 Å². The fourth-order valence-electron chi connectivity index (χ4n) is 3.47. The van der Waals surface area contributed by atoms with Crippen LogP contribution in [0.1, 0.15) is 12.8 Å². The third-order valence-corrected chi connectivity index (χ3v) is 4.55. The van der Waals surface area contributed by atoms with Crippen LogP contribution < -0.4 is 10.1 Å². The molecular formula is C21H27N3O3. The molecule has 0 saturated carbocycles. The van der Waals surface area contributed by atoms with Crippen molar-refractivity contribution in [2.75, 3.05) is 39.0 Å². The zero-order valence-corrected chi connectivity index (χ0v) is 15.9. The van der Waals surface area contributed by atoms with Gasteiger partial charge in [-0.3, -0.25) is 0 Å². The number of likely N-dealkylation sites (tertiary alicyclic amines) is 1. The lowest BCUT2D eigenvalue weighted by Crippen LogP contribution is -2.55. The van der Waals surface area contributed by atoms with E-state index in [0.29, 0.717) is 43.2 Å². The zero-order chi connectivity index (χ0) is 19.3. The summed E-state index contributed by atoms with van der Waals surface area (Å²) in [6.45, 7) is 1.48. The SMILES string of the molecule is CN(C)C[C@@]1(O)CCCN(C(=O)Nc2ccccc2Oc2ccccc2)C1. The number of hydrogen-bond donors (Lipinski definition) is 2. The van der Waals surface area contributed by atoms with E-state index >= 15 is 0 Å². The minimum Gasteiger partial charge on any atom is -0.455 e. The number of carbonyl (C=O) groups is 1. The number of rotatable bonds is 5. The van der Waals surface area contributed by atoms with Crippen LogP contribution in [0.15, 0.2) is 54.6 Å². The number of aliphatic hydroxyl groups is 1. The van der Waals surface area contributed by atoms with Gasteiger partial charge in [-0.15, -0.1) is 0 Å². The van der Waals surface area contributed by atoms with Gasteiger partial charge in [-0.25, -0.2) is 4.79 Å². The highest BCUT2D eigenvalue weighted by Gasteiger charge is 2.35. The van der Waals surface area contributed by atoms with Gasteiger partial charge < -0.3 is 25.0 Å². The molecule has 6 heteroatoms. The number of nitrogens with zero attached hydrogens (tertiary/aromatic N) is 2. The summed E-state index contributed by atoms with van der Waals surface area (Å²) in [5.41, 5.74) is -0.271. The predicted molar refractivity (Wildman–Crippen MR) is 106 cm³/mol. The van der Waals surface area contributed by atoms with Crippen LogP contribution in [-0.4, -0.2) is 60.3 Å². The first-order chi connectivity index (χ1) is 13.0. The first-order valence-electron chi connectivity index (χ1n) is 9.20. The van der Waals surface area contributed by atoms with Gasteiger partial charge in [0.25, 0.3) is 0 Å². The summed E-state index contributed by atoms with van der Waals surface area (Å²) >= 11 is 0. The molecule has 1 aliphatic heterocycles. The molecule has 0 aromatic heterocycles. The molecule has 144 valence electrons. The Morgan fingerprint density at radius 1 is 1.19 bits per heavy atom. The summed E-state index contributed by atoms with van der Waals surface area (Å²) in [5, 5.41) is 13.7. The van der Waals surface area contributed by atoms with Crippen molar-refractivity contribution in [2.24, 2.45) is 0 Å². The Morgan fingerprint density at radius 3 is 2.63 bits per heavy atom. The molecule has 1 aliphatic rings. The molecule has 27 heavy (non-hydrogen) atoms. The third kappa shape index (κ3) is 5.21. The minimum absolute atomic E-state index is 0.226. The van der Waals surface area contributed by atoms with Gasteiger partial charge in [-0.1, -0.05) is 30.3 Å². The van der Waals surface area contributed by atoms with E-state index in [2.05, 4.69) is 5.32 Å². The van der Waals surface area contributed by atoms with Gasteiger partial charge >= 0.3 is 6.03 Å². The molecule has 1 fully saturated rings. The van der Waals surface area contributed by atoms with Gasteiger partial charge in [0.2, 0.25) is 0 Å². The fraction of sp³-hybridized carbons (Fsp3) is 0.381. The quantitative estimate of drug-likeness (QED) is 0.848. The van der Waals surface area contributed by atoms with Crippen molar-refractivity contribution < 1.29 is 14.6 Å². The molecule has 0 unspecified atom stereocenters. The highest BCUT2D eigenvalue weighted by atomic mass is 16.5. The Kier molecular flexibility index (Phi) is 5.98. The van der Waals surface area contributed by atoms with Gasteiger partial charge in [0.1, 0.15) is 5.75 Å². The molecule has 0 aliphatic carbocycles. The second-order valence-electron chi connectivity index (χ2n) is 7.33. The molecule has 0 bridgehead atoms. The van der Waals surface area contributed by atoms with Crippen LogP contribution in [0.5, 0.6) is 11.5 Å². The van der Waals surface area contributed by atoms with Gasteiger partial charge in [0.05, 0.1) is 17.8 Å². The van der Waals surface area contributed by atoms with E-state index in [1.807, 2.05) is 73.6 Å². The molecule has 2 N–H and O–H groups in total. The number of urea groups is 1. The second-order valence-corrected chi connectivity index (χ2v) is 7.33. The smallest absolute Gasteiger partial charge is 0.322 e. The van der Waals surface area contributed by atoms with E-state index < -0.39 is 5.60 Å². The first-order valence-corrected chi connectivity index (χ1v) is 9.20. The maximum Gasteiger partial charge on any atom is 0.322 e. The number of piperidine rings is 1. The van der Waals surface area contributed by atoms with E-state index in [1.54, 1.807) is 4.90 Å². The molecule has 0 spiro atoms. The maximum absolute atomic E-state index is 12.8. The van der Waals surface area contributed by atoms with Crippen LogP contribution in [0.25, 0.3) is 0 Å². The van der Waals surface area contributed by atoms with Crippen LogP contribution in [0.4, 0.5) is 10.5 Å². The average molecular weight is 369 g/mol. The molecular weight excluding hydrogens is 342 g/mol. The normalized spacial score (nSPS) is 19.8. The number of β-amino-alcohol motifs (C(OH)–C–C–N with tert-alkyl or cyclic N) is 1. The van der Waals surface area contributed by atoms with Gasteiger partial charge in [-0.2, -0.15) is 0 Å². The van der Waals surface area contributed by atoms with Crippen molar-refractivity contribution >= 4 is 11.7 Å². The van der Waals surface area contributed by atoms with E-state index in [0.717, 1.165) is 6.42 Å². The lowest BCUT2D eigenvalue weighted by molar-refractivity contribution is -0.0333. The zero-order valence-electron chi connectivity index (χ0n) is 15.9. The number of likely N-dealkylation sites (N-methyl/N-ethyl adjacent to an activating group) is 1. The molecule has 6 nitrogen and oxygen atoms in total. The summed E-state index contributed by atoms with van der Waals surface area (Å²) in [7, 11) is 3.85. The largest absolute Gasteiger partial charge is 0.455 e. The highest BCUT2D eigenvalue weighted by Crippen LogP contribution is 2.30. The van der Waals surface area contributed by atoms with Gasteiger partial charge in [0.15, 0.2) is 5.75 Å². The first kappa shape index (κ1) is 19.2. The summed E-state index contributed by atoms with van der Waals surface area (Å²) in [6, 6.07) is 16.6. The number of hydrogen-bond acceptors (Lipinski definition) is 4. The molecule has 2 aromatic rings. The van der Waals surface area contributed by atoms with Crippen molar-refractivity contribution in [1.29, 1.82) is 0 Å². The number of carbonyl (C=O) groups excluding carboxylic acids is 1. The molecule has 1 heterocycles. The van der Waals surface area contributed by atoms with Crippen LogP contribution in [-0.2, 0) is 0 Å². The predicted octanol–water partition coefficient (Wildman–Crippen LogP) is 3.40. The molecule has 3 rings (SSSR count). The molecule has 2 amide bonds. The Hall–Kier alpha value is -2.57. The van der Waals surface area contributed by atoms with Gasteiger partial charge in [0, 0.05) is 13.1 Å². The summed E-state index contributed by atoms with van der Waals surface area (Å²) < 4.78 is 5.90. The van der Waals surface area contributed by atoms with E-state index in [1.165, 1.54) is 0 Å². The number of nitrogens with one attached hydrogen (secondary N) is 1. The second kappa shape index (κ2) is 8.41. The lowest BCUT2D eigenvalue weighted by atomic mass is 9.92. The monoisotopic (exact) mass is 369 g/mol. The molecule has 1 saturated heterocycles. The third-order valence-electron chi connectivity index (χ3n) is 4.55. The Morgan fingerprint density at radius 2 is 1.89 bits per heavy atom. The summed E-state index contributed by atoms with van der Waals surface area (Å²) in [6.07, 6.45) is 1.47. The number of anilines is 1. The molecule has 0 radical (unpaired) electrons. The number of benzene rings is 2. The Balaban J connectivity index is 1.69. The van der Waals surface area contributed by atoms with Crippen LogP contribution in [0, 0.1) is 0 Å².